The number of nitriles is 1. The molecular weight excluding hydrogens is 361 g/mol. The summed E-state index contributed by atoms with van der Waals surface area (Å²) >= 11 is 12.1. The first-order valence-electron chi connectivity index (χ1n) is 7.33. The van der Waals surface area contributed by atoms with Crippen molar-refractivity contribution in [3.05, 3.63) is 58.1 Å². The molecule has 7 heteroatoms. The number of halogens is 2. The summed E-state index contributed by atoms with van der Waals surface area (Å²) in [7, 11) is 0. The molecule has 0 aliphatic heterocycles. The molecule has 0 aliphatic rings. The van der Waals surface area contributed by atoms with Crippen LogP contribution in [0.4, 0.5) is 11.4 Å². The molecule has 0 bridgehead atoms. The van der Waals surface area contributed by atoms with E-state index >= 15 is 0 Å². The lowest BCUT2D eigenvalue weighted by Crippen LogP contribution is -2.41. The van der Waals surface area contributed by atoms with Crippen LogP contribution in [-0.2, 0) is 9.59 Å². The Labute approximate surface area is 155 Å². The van der Waals surface area contributed by atoms with Gasteiger partial charge in [-0.05, 0) is 44.2 Å². The summed E-state index contributed by atoms with van der Waals surface area (Å²) in [5.41, 5.74) is -0.308. The molecule has 0 radical (unpaired) electrons. The molecule has 0 fully saturated rings. The van der Waals surface area contributed by atoms with Crippen LogP contribution in [-0.4, -0.2) is 11.8 Å². The van der Waals surface area contributed by atoms with Gasteiger partial charge in [0.2, 0.25) is 11.8 Å². The van der Waals surface area contributed by atoms with Crippen molar-refractivity contribution in [3.8, 4) is 6.07 Å². The number of hydrogen-bond acceptors (Lipinski definition) is 3. The maximum atomic E-state index is 12.6. The van der Waals surface area contributed by atoms with E-state index in [4.69, 9.17) is 28.5 Å². The summed E-state index contributed by atoms with van der Waals surface area (Å²) in [5, 5.41) is 14.7. The van der Waals surface area contributed by atoms with Gasteiger partial charge in [-0.2, -0.15) is 5.26 Å². The van der Waals surface area contributed by atoms with E-state index < -0.39 is 17.2 Å². The first-order chi connectivity index (χ1) is 11.8. The zero-order chi connectivity index (χ0) is 18.6. The van der Waals surface area contributed by atoms with Gasteiger partial charge in [-0.1, -0.05) is 35.3 Å². The smallest absolute Gasteiger partial charge is 0.239 e. The average molecular weight is 376 g/mol. The van der Waals surface area contributed by atoms with Crippen LogP contribution in [0.15, 0.2) is 42.5 Å². The fraction of sp³-hybridized carbons (Fsp3) is 0.167. The molecule has 0 aliphatic carbocycles. The van der Waals surface area contributed by atoms with E-state index in [1.54, 1.807) is 36.4 Å². The number of nitrogens with one attached hydrogen (secondary N) is 2. The molecule has 2 aromatic rings. The molecule has 2 amide bonds. The number of anilines is 2. The number of carbonyl (C=O) groups excluding carboxylic acids is 2. The minimum atomic E-state index is -1.40. The van der Waals surface area contributed by atoms with Crippen LogP contribution in [0.1, 0.15) is 19.4 Å². The quantitative estimate of drug-likeness (QED) is 0.773. The molecule has 0 heterocycles. The summed E-state index contributed by atoms with van der Waals surface area (Å²) in [6.07, 6.45) is 0. The SMILES string of the molecule is CC(C)(C(=O)Nc1cccc(C#N)c1)C(=O)Nc1c(Cl)cccc1Cl. The second-order valence-electron chi connectivity index (χ2n) is 5.82. The summed E-state index contributed by atoms with van der Waals surface area (Å²) in [6, 6.07) is 13.2. The minimum absolute atomic E-state index is 0.253. The Balaban J connectivity index is 2.17. The van der Waals surface area contributed by atoms with Crippen LogP contribution < -0.4 is 10.6 Å². The fourth-order valence-corrected chi connectivity index (χ4v) is 2.44. The van der Waals surface area contributed by atoms with Crippen LogP contribution in [0.5, 0.6) is 0 Å². The topological polar surface area (TPSA) is 82.0 Å². The van der Waals surface area contributed by atoms with Crippen LogP contribution >= 0.6 is 23.2 Å². The van der Waals surface area contributed by atoms with Crippen molar-refractivity contribution < 1.29 is 9.59 Å². The Morgan fingerprint density at radius 3 is 2.16 bits per heavy atom. The van der Waals surface area contributed by atoms with E-state index in [9.17, 15) is 9.59 Å². The van der Waals surface area contributed by atoms with Crippen molar-refractivity contribution in [1.29, 1.82) is 5.26 Å². The molecule has 128 valence electrons. The Hall–Kier alpha value is -2.55. The molecule has 0 unspecified atom stereocenters. The zero-order valence-corrected chi connectivity index (χ0v) is 15.1. The Bertz CT molecular complexity index is 853. The van der Waals surface area contributed by atoms with Crippen molar-refractivity contribution in [2.75, 3.05) is 10.6 Å². The number of hydrogen-bond donors (Lipinski definition) is 2. The van der Waals surface area contributed by atoms with E-state index in [1.165, 1.54) is 19.9 Å². The van der Waals surface area contributed by atoms with Gasteiger partial charge in [-0.25, -0.2) is 0 Å². The summed E-state index contributed by atoms with van der Waals surface area (Å²) in [5.74, 6) is -1.08. The molecule has 2 aromatic carbocycles. The van der Waals surface area contributed by atoms with Crippen molar-refractivity contribution in [2.24, 2.45) is 5.41 Å². The van der Waals surface area contributed by atoms with Gasteiger partial charge in [-0.3, -0.25) is 9.59 Å². The Morgan fingerprint density at radius 2 is 1.56 bits per heavy atom. The number of para-hydroxylation sites is 1. The van der Waals surface area contributed by atoms with Gasteiger partial charge < -0.3 is 10.6 Å². The highest BCUT2D eigenvalue weighted by atomic mass is 35.5. The highest BCUT2D eigenvalue weighted by Gasteiger charge is 2.36. The third-order valence-corrected chi connectivity index (χ3v) is 4.22. The fourth-order valence-electron chi connectivity index (χ4n) is 1.94. The monoisotopic (exact) mass is 375 g/mol. The normalized spacial score (nSPS) is 10.7. The van der Waals surface area contributed by atoms with Gasteiger partial charge in [0.05, 0.1) is 27.4 Å². The van der Waals surface area contributed by atoms with Crippen LogP contribution in [0.3, 0.4) is 0 Å². The molecule has 0 atom stereocenters. The molecule has 0 saturated heterocycles. The number of nitrogens with zero attached hydrogens (tertiary/aromatic N) is 1. The Morgan fingerprint density at radius 1 is 1.00 bits per heavy atom. The first kappa shape index (κ1) is 18.8. The standard InChI is InChI=1S/C18H15Cl2N3O2/c1-18(2,16(24)22-12-6-3-5-11(9-12)10-21)17(25)23-15-13(19)7-4-8-14(15)20/h3-9H,1-2H3,(H,22,24)(H,23,25). The van der Waals surface area contributed by atoms with Crippen molar-refractivity contribution in [3.63, 3.8) is 0 Å². The molecule has 0 spiro atoms. The van der Waals surface area contributed by atoms with E-state index in [0.717, 1.165) is 0 Å². The van der Waals surface area contributed by atoms with Crippen LogP contribution in [0.25, 0.3) is 0 Å². The number of benzene rings is 2. The van der Waals surface area contributed by atoms with E-state index in [1.807, 2.05) is 6.07 Å². The van der Waals surface area contributed by atoms with Crippen molar-refractivity contribution in [1.82, 2.24) is 0 Å². The largest absolute Gasteiger partial charge is 0.325 e. The number of carbonyl (C=O) groups is 2. The average Bonchev–Trinajstić information content (AvgIpc) is 2.58. The summed E-state index contributed by atoms with van der Waals surface area (Å²) in [6.45, 7) is 2.97. The molecule has 2 rings (SSSR count). The first-order valence-corrected chi connectivity index (χ1v) is 8.08. The summed E-state index contributed by atoms with van der Waals surface area (Å²) in [4.78, 5) is 25.1. The predicted molar refractivity (Wildman–Crippen MR) is 98.7 cm³/mol. The van der Waals surface area contributed by atoms with Crippen LogP contribution in [0.2, 0.25) is 10.0 Å². The van der Waals surface area contributed by atoms with Gasteiger partial charge in [0.15, 0.2) is 0 Å². The van der Waals surface area contributed by atoms with Crippen molar-refractivity contribution in [2.45, 2.75) is 13.8 Å². The molecule has 0 aromatic heterocycles. The Kier molecular flexibility index (Phi) is 5.68. The van der Waals surface area contributed by atoms with Gasteiger partial charge in [-0.15, -0.1) is 0 Å². The van der Waals surface area contributed by atoms with Crippen LogP contribution in [0, 0.1) is 16.7 Å². The molecule has 25 heavy (non-hydrogen) atoms. The molecule has 5 nitrogen and oxygen atoms in total. The molecule has 0 saturated carbocycles. The predicted octanol–water partition coefficient (Wildman–Crippen LogP) is 4.47. The van der Waals surface area contributed by atoms with Gasteiger partial charge in [0.1, 0.15) is 5.41 Å². The van der Waals surface area contributed by atoms with Crippen molar-refractivity contribution >= 4 is 46.4 Å². The lowest BCUT2D eigenvalue weighted by molar-refractivity contribution is -0.135. The molecule has 2 N–H and O–H groups in total. The second kappa shape index (κ2) is 7.56. The van der Waals surface area contributed by atoms with E-state index in [2.05, 4.69) is 10.6 Å². The summed E-state index contributed by atoms with van der Waals surface area (Å²) < 4.78 is 0. The van der Waals surface area contributed by atoms with E-state index in [-0.39, 0.29) is 15.7 Å². The molecular formula is C18H15Cl2N3O2. The lowest BCUT2D eigenvalue weighted by atomic mass is 9.90. The van der Waals surface area contributed by atoms with Gasteiger partial charge >= 0.3 is 0 Å². The maximum absolute atomic E-state index is 12.6. The number of amides is 2. The minimum Gasteiger partial charge on any atom is -0.325 e. The highest BCUT2D eigenvalue weighted by molar-refractivity contribution is 6.40. The highest BCUT2D eigenvalue weighted by Crippen LogP contribution is 2.31. The maximum Gasteiger partial charge on any atom is 0.239 e. The third kappa shape index (κ3) is 4.30. The van der Waals surface area contributed by atoms with E-state index in [0.29, 0.717) is 11.3 Å². The van der Waals surface area contributed by atoms with Gasteiger partial charge in [0, 0.05) is 5.69 Å². The van der Waals surface area contributed by atoms with Gasteiger partial charge in [0.25, 0.3) is 0 Å². The third-order valence-electron chi connectivity index (χ3n) is 3.59. The zero-order valence-electron chi connectivity index (χ0n) is 13.6. The number of rotatable bonds is 4. The second-order valence-corrected chi connectivity index (χ2v) is 6.64. The lowest BCUT2D eigenvalue weighted by Gasteiger charge is -2.23.